The van der Waals surface area contributed by atoms with Gasteiger partial charge in [-0.1, -0.05) is 11.6 Å². The molecule has 2 atom stereocenters. The lowest BCUT2D eigenvalue weighted by molar-refractivity contribution is 0.550. The summed E-state index contributed by atoms with van der Waals surface area (Å²) in [4.78, 5) is 10.7. The van der Waals surface area contributed by atoms with Crippen LogP contribution < -0.4 is 4.90 Å². The van der Waals surface area contributed by atoms with Gasteiger partial charge >= 0.3 is 0 Å². The summed E-state index contributed by atoms with van der Waals surface area (Å²) in [5.41, 5.74) is 0. The number of halogens is 1. The van der Waals surface area contributed by atoms with Crippen LogP contribution in [0.5, 0.6) is 0 Å². The highest BCUT2D eigenvalue weighted by molar-refractivity contribution is 6.29. The molecule has 0 N–H and O–H groups in total. The van der Waals surface area contributed by atoms with E-state index in [0.29, 0.717) is 11.2 Å². The molecule has 2 fully saturated rings. The van der Waals surface area contributed by atoms with E-state index in [-0.39, 0.29) is 0 Å². The van der Waals surface area contributed by atoms with Crippen molar-refractivity contribution in [2.75, 3.05) is 11.4 Å². The summed E-state index contributed by atoms with van der Waals surface area (Å²) in [5.74, 6) is 1.82. The number of nitrogens with zero attached hydrogens (tertiary/aromatic N) is 3. The molecule has 14 heavy (non-hydrogen) atoms. The molecular weight excluding hydrogens is 198 g/mol. The Hall–Kier alpha value is -0.830. The van der Waals surface area contributed by atoms with Gasteiger partial charge in [-0.15, -0.1) is 0 Å². The average Bonchev–Trinajstić information content (AvgIpc) is 2.78. The molecule has 3 nitrogen and oxygen atoms in total. The fraction of sp³-hybridized carbons (Fsp3) is 0.600. The van der Waals surface area contributed by atoms with E-state index in [0.717, 1.165) is 18.3 Å². The van der Waals surface area contributed by atoms with Crippen LogP contribution in [0.15, 0.2) is 12.4 Å². The van der Waals surface area contributed by atoms with Gasteiger partial charge in [0.2, 0.25) is 0 Å². The third-order valence-corrected chi connectivity index (χ3v) is 3.48. The van der Waals surface area contributed by atoms with E-state index >= 15 is 0 Å². The molecule has 2 bridgehead atoms. The van der Waals surface area contributed by atoms with E-state index in [1.54, 1.807) is 6.20 Å². The number of hydrogen-bond donors (Lipinski definition) is 0. The lowest BCUT2D eigenvalue weighted by Crippen LogP contribution is -2.32. The number of hydrogen-bond acceptors (Lipinski definition) is 3. The largest absolute Gasteiger partial charge is 0.352 e. The first kappa shape index (κ1) is 8.48. The molecule has 1 aliphatic carbocycles. The monoisotopic (exact) mass is 209 g/mol. The first-order valence-electron chi connectivity index (χ1n) is 5.07. The van der Waals surface area contributed by atoms with Gasteiger partial charge in [0.1, 0.15) is 11.0 Å². The van der Waals surface area contributed by atoms with Gasteiger partial charge in [-0.3, -0.25) is 4.98 Å². The van der Waals surface area contributed by atoms with Crippen LogP contribution >= 0.6 is 11.6 Å². The number of piperidine rings is 1. The van der Waals surface area contributed by atoms with Crippen LogP contribution in [0.4, 0.5) is 5.82 Å². The maximum Gasteiger partial charge on any atom is 0.149 e. The Morgan fingerprint density at radius 2 is 2.29 bits per heavy atom. The predicted molar refractivity (Wildman–Crippen MR) is 55.5 cm³/mol. The van der Waals surface area contributed by atoms with E-state index in [9.17, 15) is 0 Å². The summed E-state index contributed by atoms with van der Waals surface area (Å²) in [7, 11) is 0. The Labute approximate surface area is 88.1 Å². The van der Waals surface area contributed by atoms with Crippen molar-refractivity contribution in [3.63, 3.8) is 0 Å². The quantitative estimate of drug-likeness (QED) is 0.710. The van der Waals surface area contributed by atoms with E-state index in [1.165, 1.54) is 19.3 Å². The zero-order valence-corrected chi connectivity index (χ0v) is 8.61. The second-order valence-electron chi connectivity index (χ2n) is 4.19. The SMILES string of the molecule is Clc1cncc(N2CC3CCC2C3)n1. The number of rotatable bonds is 1. The molecule has 74 valence electrons. The first-order chi connectivity index (χ1) is 6.83. The van der Waals surface area contributed by atoms with Crippen molar-refractivity contribution in [2.45, 2.75) is 25.3 Å². The van der Waals surface area contributed by atoms with Crippen molar-refractivity contribution >= 4 is 17.4 Å². The molecule has 1 aromatic rings. The number of anilines is 1. The summed E-state index contributed by atoms with van der Waals surface area (Å²) in [6.45, 7) is 1.14. The summed E-state index contributed by atoms with van der Waals surface area (Å²) in [5, 5.41) is 0.491. The normalized spacial score (nSPS) is 29.9. The van der Waals surface area contributed by atoms with E-state index < -0.39 is 0 Å². The summed E-state index contributed by atoms with van der Waals surface area (Å²) in [6, 6.07) is 0.688. The van der Waals surface area contributed by atoms with Crippen LogP contribution in [0.25, 0.3) is 0 Å². The fourth-order valence-electron chi connectivity index (χ4n) is 2.68. The van der Waals surface area contributed by atoms with Gasteiger partial charge in [-0.25, -0.2) is 4.98 Å². The van der Waals surface area contributed by atoms with Crippen molar-refractivity contribution in [3.8, 4) is 0 Å². The molecule has 3 rings (SSSR count). The molecule has 4 heteroatoms. The van der Waals surface area contributed by atoms with Gasteiger partial charge in [0.25, 0.3) is 0 Å². The maximum absolute atomic E-state index is 5.83. The van der Waals surface area contributed by atoms with E-state index in [4.69, 9.17) is 11.6 Å². The van der Waals surface area contributed by atoms with Crippen LogP contribution in [-0.2, 0) is 0 Å². The van der Waals surface area contributed by atoms with Crippen LogP contribution in [0.1, 0.15) is 19.3 Å². The molecule has 2 heterocycles. The van der Waals surface area contributed by atoms with Crippen molar-refractivity contribution < 1.29 is 0 Å². The van der Waals surface area contributed by atoms with Gasteiger partial charge < -0.3 is 4.90 Å². The molecule has 1 saturated carbocycles. The number of aromatic nitrogens is 2. The molecule has 1 aliphatic heterocycles. The van der Waals surface area contributed by atoms with Gasteiger partial charge in [-0.2, -0.15) is 0 Å². The molecule has 0 amide bonds. The van der Waals surface area contributed by atoms with Crippen molar-refractivity contribution in [3.05, 3.63) is 17.5 Å². The van der Waals surface area contributed by atoms with Gasteiger partial charge in [0.15, 0.2) is 0 Å². The highest BCUT2D eigenvalue weighted by Gasteiger charge is 2.38. The van der Waals surface area contributed by atoms with Crippen LogP contribution in [0.2, 0.25) is 5.15 Å². The van der Waals surface area contributed by atoms with Gasteiger partial charge in [-0.05, 0) is 25.2 Å². The third kappa shape index (κ3) is 1.27. The Morgan fingerprint density at radius 3 is 2.93 bits per heavy atom. The minimum absolute atomic E-state index is 0.491. The summed E-state index contributed by atoms with van der Waals surface area (Å²) >= 11 is 5.83. The lowest BCUT2D eigenvalue weighted by atomic mass is 10.1. The zero-order valence-electron chi connectivity index (χ0n) is 7.86. The molecule has 0 aromatic carbocycles. The Balaban J connectivity index is 1.89. The second-order valence-corrected chi connectivity index (χ2v) is 4.57. The van der Waals surface area contributed by atoms with Gasteiger partial charge in [0.05, 0.1) is 12.4 Å². The Morgan fingerprint density at radius 1 is 1.36 bits per heavy atom. The first-order valence-corrected chi connectivity index (χ1v) is 5.45. The molecule has 0 radical (unpaired) electrons. The van der Waals surface area contributed by atoms with Crippen molar-refractivity contribution in [2.24, 2.45) is 5.92 Å². The highest BCUT2D eigenvalue weighted by atomic mass is 35.5. The van der Waals surface area contributed by atoms with Crippen LogP contribution in [-0.4, -0.2) is 22.6 Å². The fourth-order valence-corrected chi connectivity index (χ4v) is 2.82. The average molecular weight is 210 g/mol. The number of fused-ring (bicyclic) bond motifs is 2. The molecule has 2 aliphatic rings. The van der Waals surface area contributed by atoms with E-state index in [1.807, 2.05) is 6.20 Å². The Bertz CT molecular complexity index is 355. The molecule has 2 unspecified atom stereocenters. The zero-order chi connectivity index (χ0) is 9.54. The van der Waals surface area contributed by atoms with Crippen molar-refractivity contribution in [1.29, 1.82) is 0 Å². The predicted octanol–water partition coefficient (Wildman–Crippen LogP) is 2.12. The molecule has 1 aromatic heterocycles. The minimum atomic E-state index is 0.491. The Kier molecular flexibility index (Phi) is 1.87. The summed E-state index contributed by atoms with van der Waals surface area (Å²) < 4.78 is 0. The van der Waals surface area contributed by atoms with Crippen molar-refractivity contribution in [1.82, 2.24) is 9.97 Å². The standard InChI is InChI=1S/C10H12ClN3/c11-9-4-12-5-10(13-9)14-6-7-1-2-8(14)3-7/h4-5,7-8H,1-3,6H2. The minimum Gasteiger partial charge on any atom is -0.352 e. The maximum atomic E-state index is 5.83. The highest BCUT2D eigenvalue weighted by Crippen LogP contribution is 2.39. The second kappa shape index (κ2) is 3.09. The topological polar surface area (TPSA) is 29.0 Å². The molecular formula is C10H12ClN3. The smallest absolute Gasteiger partial charge is 0.149 e. The van der Waals surface area contributed by atoms with Crippen LogP contribution in [0, 0.1) is 5.92 Å². The van der Waals surface area contributed by atoms with Gasteiger partial charge in [0, 0.05) is 12.6 Å². The molecule has 1 saturated heterocycles. The van der Waals surface area contributed by atoms with E-state index in [2.05, 4.69) is 14.9 Å². The van der Waals surface area contributed by atoms with Crippen LogP contribution in [0.3, 0.4) is 0 Å². The molecule has 0 spiro atoms. The summed E-state index contributed by atoms with van der Waals surface area (Å²) in [6.07, 6.45) is 7.41. The lowest BCUT2D eigenvalue weighted by Gasteiger charge is -2.27. The third-order valence-electron chi connectivity index (χ3n) is 3.30.